The molecule has 2 fully saturated rings. The number of ether oxygens (including phenoxy) is 2. The SMILES string of the molecule is Cc1cnc(N[C@H]2CCC[C@@H]2N(CCF)C(=O)OCc2ccccc2)nc1-c1cn(-c2ccccc2)c2nc(-c3c(C)noc3C)ccc12.Cc1cnc(S(C)(=O)=O)nc1-c1cn(-c2ccccc2)c2nc(-c3c(C)noc3C)ccc12.N[C@H]1CCC[C@@H]1N(CCF)C(=O)OCc1ccccc1.O=S=O.O=S=O. The van der Waals surface area contributed by atoms with Gasteiger partial charge in [-0.15, -0.1) is 0 Å². The quantitative estimate of drug-likeness (QED) is 0.0710. The number of nitrogens with one attached hydrogen (secondary N) is 1. The maximum absolute atomic E-state index is 13.7. The monoisotopic (exact) mass is 1530 g/mol. The number of carbonyl (C=O) groups excluding carboxylic acids is 2. The van der Waals surface area contributed by atoms with Crippen molar-refractivity contribution in [2.24, 2.45) is 5.73 Å². The maximum atomic E-state index is 13.7. The number of sulfone groups is 1. The van der Waals surface area contributed by atoms with Gasteiger partial charge in [-0.05, 0) is 151 Å². The molecule has 4 aromatic carbocycles. The van der Waals surface area contributed by atoms with Crippen molar-refractivity contribution < 1.29 is 62.1 Å². The molecule has 8 aromatic heterocycles. The van der Waals surface area contributed by atoms with Gasteiger partial charge in [-0.2, -0.15) is 16.8 Å². The van der Waals surface area contributed by atoms with Crippen LogP contribution in [0, 0.1) is 41.5 Å². The number of nitrogens with zero attached hydrogens (tertiary/aromatic N) is 12. The lowest BCUT2D eigenvalue weighted by atomic mass is 10.1. The third-order valence-corrected chi connectivity index (χ3v) is 19.2. The summed E-state index contributed by atoms with van der Waals surface area (Å²) in [6, 6.07) is 46.1. The highest BCUT2D eigenvalue weighted by Crippen LogP contribution is 2.39. The number of halogens is 2. The summed E-state index contributed by atoms with van der Waals surface area (Å²) in [7, 11) is -3.56. The van der Waals surface area contributed by atoms with Crippen molar-refractivity contribution in [3.8, 4) is 56.4 Å². The minimum absolute atomic E-state index is 0.0433. The first-order valence-corrected chi connectivity index (χ1v) is 37.7. The van der Waals surface area contributed by atoms with Crippen LogP contribution < -0.4 is 11.1 Å². The van der Waals surface area contributed by atoms with Crippen LogP contribution in [0.15, 0.2) is 185 Å². The highest BCUT2D eigenvalue weighted by Gasteiger charge is 2.37. The second-order valence-corrected chi connectivity index (χ2v) is 27.8. The highest BCUT2D eigenvalue weighted by atomic mass is 32.2. The molecule has 2 saturated carbocycles. The van der Waals surface area contributed by atoms with Crippen molar-refractivity contribution >= 4 is 73.2 Å². The van der Waals surface area contributed by atoms with E-state index in [0.29, 0.717) is 28.8 Å². The zero-order valence-electron chi connectivity index (χ0n) is 60.3. The van der Waals surface area contributed by atoms with E-state index >= 15 is 0 Å². The van der Waals surface area contributed by atoms with Crippen molar-refractivity contribution in [2.45, 2.75) is 123 Å². The smallest absolute Gasteiger partial charge is 0.410 e. The number of aromatic nitrogens is 10. The van der Waals surface area contributed by atoms with Crippen LogP contribution in [0.1, 0.15) is 83.7 Å². The largest absolute Gasteiger partial charge is 0.445 e. The predicted octanol–water partition coefficient (Wildman–Crippen LogP) is 13.6. The number of nitrogens with two attached hydrogens (primary N) is 1. The number of amides is 2. The van der Waals surface area contributed by atoms with Gasteiger partial charge in [0.2, 0.25) is 20.9 Å². The molecule has 0 aliphatic heterocycles. The standard InChI is InChI=1S/C38H38FN7O3.C24H21N5O3S.C15H21FN2O2.2O2S/c1-24-21-40-37(42-31-15-10-16-33(31)45(20-19-39)38(47)48-23-27-11-6-4-7-12-27)43-35(24)30-22-46(28-13-8-5-9-14-28)36-29(30)17-18-32(41-36)34-25(2)44-49-26(34)3;1-14-12-25-24(33(4,30)31)27-22(14)19-13-29(17-8-6-5-7-9-17)23-18(19)10-11-20(26-23)21-15(2)28-32-16(21)3;16-9-10-18(14-8-4-7-13(14)17)15(19)20-11-12-5-2-1-3-6-12;2*1-3-2/h4-9,11-14,17-18,21-22,31,33H,10,15-16,19-20,23H2,1-3H3,(H,40,42,43);5-13H,1-4H3;1-3,5-6,13-14H,4,7-11,17H2;;/t31-,33-;;13-,14-;;/m0.0../s1. The van der Waals surface area contributed by atoms with E-state index in [1.807, 2.05) is 192 Å². The second kappa shape index (κ2) is 37.2. The van der Waals surface area contributed by atoms with Gasteiger partial charge in [0.25, 0.3) is 0 Å². The molecular weight excluding hydrogens is 1450 g/mol. The normalized spacial score (nSPS) is 15.1. The second-order valence-electron chi connectivity index (χ2n) is 25.6. The summed E-state index contributed by atoms with van der Waals surface area (Å²) in [6.07, 6.45) is 12.5. The lowest BCUT2D eigenvalue weighted by Gasteiger charge is -2.32. The van der Waals surface area contributed by atoms with Crippen LogP contribution >= 0.6 is 0 Å². The summed E-state index contributed by atoms with van der Waals surface area (Å²) in [6.45, 7) is 10.5. The first-order valence-electron chi connectivity index (χ1n) is 34.5. The summed E-state index contributed by atoms with van der Waals surface area (Å²) in [4.78, 5) is 56.4. The van der Waals surface area contributed by atoms with E-state index in [2.05, 4.69) is 47.4 Å². The van der Waals surface area contributed by atoms with Crippen molar-refractivity contribution in [3.63, 3.8) is 0 Å². The third kappa shape index (κ3) is 19.0. The maximum Gasteiger partial charge on any atom is 0.410 e. The summed E-state index contributed by atoms with van der Waals surface area (Å²) < 4.78 is 109. The molecule has 2 aliphatic rings. The number of carbonyl (C=O) groups is 2. The zero-order chi connectivity index (χ0) is 77.0. The Morgan fingerprint density at radius 2 is 0.981 bits per heavy atom. The van der Waals surface area contributed by atoms with Crippen LogP contribution in [0.4, 0.5) is 24.3 Å². The van der Waals surface area contributed by atoms with Gasteiger partial charge in [-0.3, -0.25) is 0 Å². The number of anilines is 1. The molecule has 108 heavy (non-hydrogen) atoms. The number of alkyl halides is 2. The number of hydrogen-bond acceptors (Lipinski definition) is 22. The summed E-state index contributed by atoms with van der Waals surface area (Å²) in [5, 5.41) is 13.2. The minimum Gasteiger partial charge on any atom is -0.445 e. The fourth-order valence-corrected chi connectivity index (χ4v) is 13.9. The molecule has 562 valence electrons. The van der Waals surface area contributed by atoms with Crippen molar-refractivity contribution in [2.75, 3.05) is 38.0 Å². The number of hydrogen-bond donors (Lipinski definition) is 2. The van der Waals surface area contributed by atoms with Gasteiger partial charge < -0.3 is 48.5 Å². The van der Waals surface area contributed by atoms with Crippen molar-refractivity contribution in [1.82, 2.24) is 59.2 Å². The van der Waals surface area contributed by atoms with Gasteiger partial charge in [-0.25, -0.2) is 56.7 Å². The number of rotatable bonds is 19. The van der Waals surface area contributed by atoms with Crippen LogP contribution in [-0.2, 0) is 55.7 Å². The van der Waals surface area contributed by atoms with Crippen LogP contribution in [0.2, 0.25) is 0 Å². The van der Waals surface area contributed by atoms with E-state index in [4.69, 9.17) is 56.0 Å². The Hall–Kier alpha value is -11.4. The van der Waals surface area contributed by atoms with Crippen LogP contribution in [0.25, 0.3) is 78.5 Å². The molecule has 4 atom stereocenters. The molecule has 0 saturated heterocycles. The predicted molar refractivity (Wildman–Crippen MR) is 404 cm³/mol. The molecular formula is C77H80F2N14O12S3. The van der Waals surface area contributed by atoms with Gasteiger partial charge in [0.05, 0.1) is 70.5 Å². The molecule has 31 heteroatoms. The Balaban J connectivity index is 0.000000181. The highest BCUT2D eigenvalue weighted by molar-refractivity contribution is 7.90. The van der Waals surface area contributed by atoms with Crippen LogP contribution in [-0.4, -0.2) is 153 Å². The molecule has 8 heterocycles. The van der Waals surface area contributed by atoms with E-state index in [1.54, 1.807) is 6.20 Å². The fourth-order valence-electron chi connectivity index (χ4n) is 13.4. The van der Waals surface area contributed by atoms with Gasteiger partial charge in [-0.1, -0.05) is 107 Å². The summed E-state index contributed by atoms with van der Waals surface area (Å²) in [5.41, 5.74) is 20.6. The van der Waals surface area contributed by atoms with E-state index in [1.165, 1.54) is 16.0 Å². The Kier molecular flexibility index (Phi) is 27.3. The molecule has 0 radical (unpaired) electrons. The molecule has 12 aromatic rings. The lowest BCUT2D eigenvalue weighted by molar-refractivity contribution is 0.0751. The van der Waals surface area contributed by atoms with Gasteiger partial charge in [0.15, 0.2) is 0 Å². The number of fused-ring (bicyclic) bond motifs is 2. The number of benzene rings is 4. The Bertz CT molecular complexity index is 5210. The molecule has 2 aliphatic carbocycles. The Labute approximate surface area is 629 Å². The third-order valence-electron chi connectivity index (χ3n) is 18.4. The summed E-state index contributed by atoms with van der Waals surface area (Å²) >= 11 is -1.50. The average molecular weight is 1530 g/mol. The first-order chi connectivity index (χ1) is 52.2. The molecule has 3 N–H and O–H groups in total. The molecule has 14 rings (SSSR count). The molecule has 0 spiro atoms. The van der Waals surface area contributed by atoms with Crippen LogP contribution in [0.5, 0.6) is 0 Å². The number of pyridine rings is 2. The van der Waals surface area contributed by atoms with E-state index in [-0.39, 0.29) is 55.6 Å². The molecule has 0 bridgehead atoms. The van der Waals surface area contributed by atoms with Crippen molar-refractivity contribution in [3.05, 3.63) is 216 Å². The minimum atomic E-state index is -3.56. The molecule has 0 unspecified atom stereocenters. The summed E-state index contributed by atoms with van der Waals surface area (Å²) in [5.74, 6) is 1.85. The van der Waals surface area contributed by atoms with Crippen molar-refractivity contribution in [1.29, 1.82) is 0 Å². The molecule has 26 nitrogen and oxygen atoms in total. The fraction of sp³-hybridized carbons (Fsp3) is 0.299. The van der Waals surface area contributed by atoms with E-state index in [9.17, 15) is 26.8 Å². The van der Waals surface area contributed by atoms with Gasteiger partial charge in [0.1, 0.15) is 49.4 Å². The molecule has 2 amide bonds. The average Bonchev–Trinajstić information content (AvgIpc) is 1.60. The number of aryl methyl sites for hydroxylation is 6. The van der Waals surface area contributed by atoms with Crippen LogP contribution in [0.3, 0.4) is 0 Å². The first kappa shape index (κ1) is 79.2. The van der Waals surface area contributed by atoms with E-state index < -0.39 is 58.5 Å². The van der Waals surface area contributed by atoms with E-state index in [0.717, 1.165) is 146 Å². The van der Waals surface area contributed by atoms with Gasteiger partial charge in [0, 0.05) is 76.4 Å². The lowest BCUT2D eigenvalue weighted by Crippen LogP contribution is -2.48. The zero-order valence-corrected chi connectivity index (χ0v) is 62.7. The number of para-hydroxylation sites is 2. The topological polar surface area (TPSA) is 339 Å². The van der Waals surface area contributed by atoms with Gasteiger partial charge >= 0.3 is 35.3 Å². The Morgan fingerprint density at radius 1 is 0.565 bits per heavy atom. The Morgan fingerprint density at radius 3 is 1.40 bits per heavy atom.